The Morgan fingerprint density at radius 1 is 1.22 bits per heavy atom. The molecule has 2 N–H and O–H groups in total. The van der Waals surface area contributed by atoms with Gasteiger partial charge in [0.2, 0.25) is 5.91 Å². The van der Waals surface area contributed by atoms with Crippen molar-refractivity contribution in [1.82, 2.24) is 13.5 Å². The Bertz CT molecular complexity index is 375. The minimum Gasteiger partial charge on any atom is -0.340 e. The second-order valence-corrected chi connectivity index (χ2v) is 6.60. The van der Waals surface area contributed by atoms with Crippen molar-refractivity contribution in [3.63, 3.8) is 0 Å². The summed E-state index contributed by atoms with van der Waals surface area (Å²) in [6.45, 7) is 2.12. The van der Waals surface area contributed by atoms with E-state index in [4.69, 9.17) is 5.73 Å². The van der Waals surface area contributed by atoms with Gasteiger partial charge in [0.1, 0.15) is 0 Å². The fourth-order valence-electron chi connectivity index (χ4n) is 1.81. The summed E-state index contributed by atoms with van der Waals surface area (Å²) in [7, 11) is -0.341. The van der Waals surface area contributed by atoms with Gasteiger partial charge in [0.05, 0.1) is 0 Å². The quantitative estimate of drug-likeness (QED) is 0.675. The van der Waals surface area contributed by atoms with Crippen LogP contribution in [0, 0.1) is 0 Å². The minimum atomic E-state index is -3.36. The molecule has 1 amide bonds. The molecule has 0 atom stereocenters. The summed E-state index contributed by atoms with van der Waals surface area (Å²) < 4.78 is 26.3. The molecule has 8 heteroatoms. The molecule has 1 rings (SSSR count). The van der Waals surface area contributed by atoms with E-state index in [1.54, 1.807) is 4.90 Å². The number of carbonyl (C=O) groups excluding carboxylic acids is 1. The molecule has 1 fully saturated rings. The topological polar surface area (TPSA) is 87.0 Å². The van der Waals surface area contributed by atoms with E-state index in [9.17, 15) is 13.2 Å². The third-order valence-corrected chi connectivity index (χ3v) is 4.91. The first-order valence-electron chi connectivity index (χ1n) is 6.05. The van der Waals surface area contributed by atoms with Gasteiger partial charge in [-0.1, -0.05) is 0 Å². The summed E-state index contributed by atoms with van der Waals surface area (Å²) >= 11 is 0. The van der Waals surface area contributed by atoms with Crippen LogP contribution in [0.25, 0.3) is 0 Å². The summed E-state index contributed by atoms with van der Waals surface area (Å²) in [6, 6.07) is 0. The molecule has 7 nitrogen and oxygen atoms in total. The van der Waals surface area contributed by atoms with E-state index < -0.39 is 10.2 Å². The van der Waals surface area contributed by atoms with Crippen LogP contribution in [0.2, 0.25) is 0 Å². The van der Waals surface area contributed by atoms with Crippen molar-refractivity contribution < 1.29 is 13.2 Å². The molecule has 0 aliphatic carbocycles. The van der Waals surface area contributed by atoms with Crippen LogP contribution in [0.15, 0.2) is 0 Å². The van der Waals surface area contributed by atoms with Gasteiger partial charge in [0.25, 0.3) is 10.2 Å². The van der Waals surface area contributed by atoms with E-state index in [0.29, 0.717) is 45.6 Å². The Balaban J connectivity index is 2.49. The molecule has 0 saturated carbocycles. The fourth-order valence-corrected chi connectivity index (χ4v) is 2.90. The highest BCUT2D eigenvalue weighted by Crippen LogP contribution is 2.10. The first-order valence-corrected chi connectivity index (χ1v) is 7.44. The van der Waals surface area contributed by atoms with Crippen LogP contribution < -0.4 is 5.73 Å². The van der Waals surface area contributed by atoms with Crippen LogP contribution in [-0.2, 0) is 15.0 Å². The number of carbonyl (C=O) groups is 1. The highest BCUT2D eigenvalue weighted by atomic mass is 32.2. The van der Waals surface area contributed by atoms with Gasteiger partial charge in [-0.25, -0.2) is 0 Å². The predicted octanol–water partition coefficient (Wildman–Crippen LogP) is -1.32. The van der Waals surface area contributed by atoms with Crippen molar-refractivity contribution in [2.75, 3.05) is 46.8 Å². The number of nitrogens with zero attached hydrogens (tertiary/aromatic N) is 3. The number of hydrogen-bond acceptors (Lipinski definition) is 4. The van der Waals surface area contributed by atoms with Crippen molar-refractivity contribution in [3.8, 4) is 0 Å². The lowest BCUT2D eigenvalue weighted by molar-refractivity contribution is -0.132. The number of amides is 1. The first-order chi connectivity index (χ1) is 8.39. The second-order valence-electron chi connectivity index (χ2n) is 4.46. The summed E-state index contributed by atoms with van der Waals surface area (Å²) in [4.78, 5) is 13.4. The summed E-state index contributed by atoms with van der Waals surface area (Å²) in [5, 5.41) is 0. The summed E-state index contributed by atoms with van der Waals surface area (Å²) in [6.07, 6.45) is 1.12. The largest absolute Gasteiger partial charge is 0.340 e. The van der Waals surface area contributed by atoms with Crippen LogP contribution in [0.5, 0.6) is 0 Å². The summed E-state index contributed by atoms with van der Waals surface area (Å²) in [5.74, 6) is 0.0577. The van der Waals surface area contributed by atoms with Gasteiger partial charge in [-0.15, -0.1) is 0 Å². The van der Waals surface area contributed by atoms with Gasteiger partial charge in [-0.05, 0) is 13.0 Å². The highest BCUT2D eigenvalue weighted by molar-refractivity contribution is 7.86. The van der Waals surface area contributed by atoms with Crippen molar-refractivity contribution >= 4 is 16.1 Å². The molecule has 106 valence electrons. The normalized spacial score (nSPS) is 18.3. The fraction of sp³-hybridized carbons (Fsp3) is 0.900. The van der Waals surface area contributed by atoms with Crippen LogP contribution in [0.3, 0.4) is 0 Å². The Morgan fingerprint density at radius 3 is 2.22 bits per heavy atom. The molecule has 1 heterocycles. The molecule has 0 aromatic heterocycles. The lowest BCUT2D eigenvalue weighted by Crippen LogP contribution is -2.53. The molecule has 0 radical (unpaired) electrons. The average Bonchev–Trinajstić information content (AvgIpc) is 2.35. The third-order valence-electron chi connectivity index (χ3n) is 2.97. The van der Waals surface area contributed by atoms with E-state index in [1.807, 2.05) is 0 Å². The number of rotatable bonds is 5. The minimum absolute atomic E-state index is 0.0577. The van der Waals surface area contributed by atoms with Crippen molar-refractivity contribution in [1.29, 1.82) is 0 Å². The van der Waals surface area contributed by atoms with Crippen LogP contribution in [-0.4, -0.2) is 74.7 Å². The molecule has 1 aliphatic heterocycles. The van der Waals surface area contributed by atoms with Crippen LogP contribution in [0.4, 0.5) is 0 Å². The van der Waals surface area contributed by atoms with Crippen LogP contribution >= 0.6 is 0 Å². The van der Waals surface area contributed by atoms with Crippen molar-refractivity contribution in [2.45, 2.75) is 12.8 Å². The van der Waals surface area contributed by atoms with Gasteiger partial charge in [0.15, 0.2) is 0 Å². The SMILES string of the molecule is CN(C)S(=O)(=O)N1CCN(C(=O)CCCN)CC1. The molecule has 1 aliphatic rings. The van der Waals surface area contributed by atoms with Gasteiger partial charge < -0.3 is 10.6 Å². The zero-order valence-electron chi connectivity index (χ0n) is 11.0. The van der Waals surface area contributed by atoms with Crippen LogP contribution in [0.1, 0.15) is 12.8 Å². The molecule has 0 aromatic rings. The lowest BCUT2D eigenvalue weighted by atomic mass is 10.2. The molecule has 0 bridgehead atoms. The average molecular weight is 278 g/mol. The Labute approximate surface area is 109 Å². The van der Waals surface area contributed by atoms with Gasteiger partial charge >= 0.3 is 0 Å². The Kier molecular flexibility index (Phi) is 5.51. The second kappa shape index (κ2) is 6.46. The zero-order valence-corrected chi connectivity index (χ0v) is 11.8. The highest BCUT2D eigenvalue weighted by Gasteiger charge is 2.29. The van der Waals surface area contributed by atoms with Gasteiger partial charge in [0, 0.05) is 46.7 Å². The van der Waals surface area contributed by atoms with E-state index >= 15 is 0 Å². The zero-order chi connectivity index (χ0) is 13.8. The number of piperazine rings is 1. The van der Waals surface area contributed by atoms with Crippen molar-refractivity contribution in [3.05, 3.63) is 0 Å². The van der Waals surface area contributed by atoms with Crippen molar-refractivity contribution in [2.24, 2.45) is 5.73 Å². The van der Waals surface area contributed by atoms with Gasteiger partial charge in [-0.2, -0.15) is 17.0 Å². The number of nitrogens with two attached hydrogens (primary N) is 1. The molecular formula is C10H22N4O3S. The van der Waals surface area contributed by atoms with Gasteiger partial charge in [-0.3, -0.25) is 4.79 Å². The third kappa shape index (κ3) is 3.64. The number of hydrogen-bond donors (Lipinski definition) is 1. The predicted molar refractivity (Wildman–Crippen MR) is 69.0 cm³/mol. The smallest absolute Gasteiger partial charge is 0.281 e. The van der Waals surface area contributed by atoms with E-state index in [1.165, 1.54) is 22.7 Å². The Hall–Kier alpha value is -0.700. The maximum absolute atomic E-state index is 11.9. The molecule has 0 unspecified atom stereocenters. The Morgan fingerprint density at radius 2 is 1.78 bits per heavy atom. The van der Waals surface area contributed by atoms with E-state index in [-0.39, 0.29) is 5.91 Å². The van der Waals surface area contributed by atoms with E-state index in [0.717, 1.165) is 0 Å². The monoisotopic (exact) mass is 278 g/mol. The molecule has 18 heavy (non-hydrogen) atoms. The maximum atomic E-state index is 11.9. The summed E-state index contributed by atoms with van der Waals surface area (Å²) in [5.41, 5.74) is 5.35. The molecule has 0 spiro atoms. The van der Waals surface area contributed by atoms with E-state index in [2.05, 4.69) is 0 Å². The molecule has 0 aromatic carbocycles. The molecular weight excluding hydrogens is 256 g/mol. The first kappa shape index (κ1) is 15.4. The maximum Gasteiger partial charge on any atom is 0.281 e. The lowest BCUT2D eigenvalue weighted by Gasteiger charge is -2.35. The molecule has 1 saturated heterocycles. The standard InChI is InChI=1S/C10H22N4O3S/c1-12(2)18(16,17)14-8-6-13(7-9-14)10(15)4-3-5-11/h3-9,11H2,1-2H3.